The molecule has 29 heavy (non-hydrogen) atoms. The molecule has 0 bridgehead atoms. The van der Waals surface area contributed by atoms with Crippen LogP contribution in [0.2, 0.25) is 0 Å². The molecular formula is C23H33N5O. The lowest BCUT2D eigenvalue weighted by atomic mass is 10.1. The lowest BCUT2D eigenvalue weighted by Gasteiger charge is -2.34. The molecule has 3 rings (SSSR count). The van der Waals surface area contributed by atoms with Crippen LogP contribution in [0.5, 0.6) is 0 Å². The molecule has 0 amide bonds. The van der Waals surface area contributed by atoms with E-state index in [0.717, 1.165) is 49.8 Å². The minimum Gasteiger partial charge on any atom is -0.391 e. The van der Waals surface area contributed by atoms with Gasteiger partial charge in [-0.2, -0.15) is 0 Å². The first-order valence-electron chi connectivity index (χ1n) is 10.6. The van der Waals surface area contributed by atoms with Gasteiger partial charge in [0.15, 0.2) is 5.96 Å². The minimum atomic E-state index is -0.484. The number of rotatable bonds is 7. The van der Waals surface area contributed by atoms with Crippen molar-refractivity contribution in [3.63, 3.8) is 0 Å². The van der Waals surface area contributed by atoms with Crippen molar-refractivity contribution in [3.8, 4) is 0 Å². The number of guanidine groups is 1. The van der Waals surface area contributed by atoms with Gasteiger partial charge >= 0.3 is 0 Å². The Hall–Kier alpha value is -2.60. The van der Waals surface area contributed by atoms with E-state index >= 15 is 0 Å². The average molecular weight is 396 g/mol. The fourth-order valence-corrected chi connectivity index (χ4v) is 3.56. The minimum absolute atomic E-state index is 0.376. The van der Waals surface area contributed by atoms with Gasteiger partial charge in [0, 0.05) is 38.3 Å². The lowest BCUT2D eigenvalue weighted by Crippen LogP contribution is -2.49. The molecule has 1 unspecified atom stereocenters. The van der Waals surface area contributed by atoms with Crippen molar-refractivity contribution >= 4 is 11.8 Å². The van der Waals surface area contributed by atoms with Crippen LogP contribution in [-0.4, -0.2) is 54.4 Å². The molecule has 0 aliphatic carbocycles. The van der Waals surface area contributed by atoms with E-state index in [-0.39, 0.29) is 0 Å². The normalized spacial score (nSPS) is 16.5. The Bertz CT molecular complexity index is 755. The van der Waals surface area contributed by atoms with Gasteiger partial charge in [-0.1, -0.05) is 36.4 Å². The maximum Gasteiger partial charge on any atom is 0.191 e. The van der Waals surface area contributed by atoms with Gasteiger partial charge in [0.2, 0.25) is 0 Å². The molecule has 0 saturated carbocycles. The fourth-order valence-electron chi connectivity index (χ4n) is 3.56. The van der Waals surface area contributed by atoms with Gasteiger partial charge < -0.3 is 20.6 Å². The van der Waals surface area contributed by atoms with Crippen molar-refractivity contribution in [2.24, 2.45) is 4.99 Å². The number of hydrogen-bond acceptors (Lipinski definition) is 4. The summed E-state index contributed by atoms with van der Waals surface area (Å²) >= 11 is 0. The molecule has 2 aromatic rings. The highest BCUT2D eigenvalue weighted by molar-refractivity contribution is 5.80. The van der Waals surface area contributed by atoms with Crippen molar-refractivity contribution in [2.45, 2.75) is 45.3 Å². The Kier molecular flexibility index (Phi) is 7.87. The fraction of sp³-hybridized carbons (Fsp3) is 0.478. The van der Waals surface area contributed by atoms with Crippen molar-refractivity contribution in [2.75, 3.05) is 31.1 Å². The largest absolute Gasteiger partial charge is 0.391 e. The second kappa shape index (κ2) is 10.8. The Morgan fingerprint density at radius 1 is 1.21 bits per heavy atom. The van der Waals surface area contributed by atoms with Crippen molar-refractivity contribution < 1.29 is 5.11 Å². The van der Waals surface area contributed by atoms with Crippen molar-refractivity contribution in [1.82, 2.24) is 15.6 Å². The summed E-state index contributed by atoms with van der Waals surface area (Å²) in [6.45, 7) is 7.26. The zero-order chi connectivity index (χ0) is 20.5. The maximum atomic E-state index is 10.3. The van der Waals surface area contributed by atoms with E-state index in [1.807, 2.05) is 36.5 Å². The molecule has 6 heteroatoms. The SMILES string of the molecule is CCNC(=NCC(O)Cc1ccccc1)NC1CCN(c2ccc(C)cn2)CC1. The molecule has 0 spiro atoms. The predicted octanol–water partition coefficient (Wildman–Crippen LogP) is 2.52. The zero-order valence-corrected chi connectivity index (χ0v) is 17.5. The Balaban J connectivity index is 1.48. The number of aliphatic imine (C=N–C) groups is 1. The number of piperidine rings is 1. The summed E-state index contributed by atoms with van der Waals surface area (Å²) in [5, 5.41) is 17.2. The zero-order valence-electron chi connectivity index (χ0n) is 17.5. The molecule has 3 N–H and O–H groups in total. The van der Waals surface area contributed by atoms with E-state index in [1.54, 1.807) is 0 Å². The molecule has 0 radical (unpaired) electrons. The van der Waals surface area contributed by atoms with Crippen LogP contribution in [-0.2, 0) is 6.42 Å². The molecule has 1 aliphatic heterocycles. The Labute approximate surface area is 174 Å². The standard InChI is InChI=1S/C23H33N5O/c1-3-24-23(26-17-21(29)15-19-7-5-4-6-8-19)27-20-11-13-28(14-12-20)22-10-9-18(2)16-25-22/h4-10,16,20-21,29H,3,11-15,17H2,1-2H3,(H2,24,26,27). The number of aliphatic hydroxyl groups excluding tert-OH is 1. The highest BCUT2D eigenvalue weighted by Gasteiger charge is 2.21. The van der Waals surface area contributed by atoms with Gasteiger partial charge in [-0.05, 0) is 43.9 Å². The molecule has 1 aromatic heterocycles. The molecule has 1 saturated heterocycles. The molecule has 1 aliphatic rings. The second-order valence-electron chi connectivity index (χ2n) is 7.66. The summed E-state index contributed by atoms with van der Waals surface area (Å²) in [7, 11) is 0. The smallest absolute Gasteiger partial charge is 0.191 e. The van der Waals surface area contributed by atoms with Crippen LogP contribution < -0.4 is 15.5 Å². The number of benzene rings is 1. The van der Waals surface area contributed by atoms with Crippen molar-refractivity contribution in [3.05, 3.63) is 59.8 Å². The average Bonchev–Trinajstić information content (AvgIpc) is 2.74. The summed E-state index contributed by atoms with van der Waals surface area (Å²) in [6, 6.07) is 14.6. The van der Waals surface area contributed by atoms with E-state index in [2.05, 4.69) is 51.5 Å². The van der Waals surface area contributed by atoms with Crippen LogP contribution in [0.25, 0.3) is 0 Å². The Morgan fingerprint density at radius 2 is 1.97 bits per heavy atom. The Morgan fingerprint density at radius 3 is 2.62 bits per heavy atom. The van der Waals surface area contributed by atoms with Gasteiger partial charge in [0.05, 0.1) is 12.6 Å². The summed E-state index contributed by atoms with van der Waals surface area (Å²) < 4.78 is 0. The first kappa shape index (κ1) is 21.1. The molecule has 1 fully saturated rings. The number of nitrogens with zero attached hydrogens (tertiary/aromatic N) is 3. The quantitative estimate of drug-likeness (QED) is 0.496. The third-order valence-corrected chi connectivity index (χ3v) is 5.17. The number of hydrogen-bond donors (Lipinski definition) is 3. The van der Waals surface area contributed by atoms with Crippen LogP contribution in [0.1, 0.15) is 30.9 Å². The van der Waals surface area contributed by atoms with Gasteiger partial charge in [-0.25, -0.2) is 4.98 Å². The summed E-state index contributed by atoms with van der Waals surface area (Å²) in [6.07, 6.45) is 4.13. The third kappa shape index (κ3) is 6.75. The van der Waals surface area contributed by atoms with Crippen molar-refractivity contribution in [1.29, 1.82) is 0 Å². The van der Waals surface area contributed by atoms with Crippen LogP contribution in [0.15, 0.2) is 53.7 Å². The highest BCUT2D eigenvalue weighted by Crippen LogP contribution is 2.18. The summed E-state index contributed by atoms with van der Waals surface area (Å²) in [4.78, 5) is 11.5. The van der Waals surface area contributed by atoms with Gasteiger partial charge in [-0.15, -0.1) is 0 Å². The van der Waals surface area contributed by atoms with E-state index in [1.165, 1.54) is 5.56 Å². The second-order valence-corrected chi connectivity index (χ2v) is 7.66. The summed E-state index contributed by atoms with van der Waals surface area (Å²) in [5.74, 6) is 1.84. The van der Waals surface area contributed by atoms with E-state index in [0.29, 0.717) is 19.0 Å². The monoisotopic (exact) mass is 395 g/mol. The highest BCUT2D eigenvalue weighted by atomic mass is 16.3. The number of nitrogens with one attached hydrogen (secondary N) is 2. The van der Waals surface area contributed by atoms with Crippen LogP contribution in [0.3, 0.4) is 0 Å². The van der Waals surface area contributed by atoms with Gasteiger partial charge in [0.1, 0.15) is 5.82 Å². The molecule has 1 atom stereocenters. The number of aliphatic hydroxyl groups is 1. The summed E-state index contributed by atoms with van der Waals surface area (Å²) in [5.41, 5.74) is 2.32. The first-order valence-corrected chi connectivity index (χ1v) is 10.6. The number of aryl methyl sites for hydroxylation is 1. The number of pyridine rings is 1. The van der Waals surface area contributed by atoms with E-state index in [4.69, 9.17) is 0 Å². The van der Waals surface area contributed by atoms with Crippen LogP contribution in [0.4, 0.5) is 5.82 Å². The molecule has 1 aromatic carbocycles. The van der Waals surface area contributed by atoms with E-state index < -0.39 is 6.10 Å². The topological polar surface area (TPSA) is 72.8 Å². The van der Waals surface area contributed by atoms with Crippen LogP contribution in [0, 0.1) is 6.92 Å². The molecule has 6 nitrogen and oxygen atoms in total. The van der Waals surface area contributed by atoms with Crippen LogP contribution >= 0.6 is 0 Å². The third-order valence-electron chi connectivity index (χ3n) is 5.17. The van der Waals surface area contributed by atoms with Gasteiger partial charge in [0.25, 0.3) is 0 Å². The molecule has 2 heterocycles. The first-order chi connectivity index (χ1) is 14.1. The predicted molar refractivity (Wildman–Crippen MR) is 119 cm³/mol. The molecule has 156 valence electrons. The maximum absolute atomic E-state index is 10.3. The number of anilines is 1. The van der Waals surface area contributed by atoms with Gasteiger partial charge in [-0.3, -0.25) is 4.99 Å². The molecular weight excluding hydrogens is 362 g/mol. The number of aromatic nitrogens is 1. The lowest BCUT2D eigenvalue weighted by molar-refractivity contribution is 0.183. The van der Waals surface area contributed by atoms with E-state index in [9.17, 15) is 5.11 Å².